The first-order chi connectivity index (χ1) is 8.13. The number of methoxy groups -OCH3 is 1. The van der Waals surface area contributed by atoms with Crippen molar-refractivity contribution in [3.05, 3.63) is 41.8 Å². The Morgan fingerprint density at radius 1 is 1.47 bits per heavy atom. The van der Waals surface area contributed by atoms with Gasteiger partial charge in [-0.3, -0.25) is 9.78 Å². The van der Waals surface area contributed by atoms with Crippen molar-refractivity contribution in [3.8, 4) is 0 Å². The summed E-state index contributed by atoms with van der Waals surface area (Å²) in [5.74, 6) is -1.51. The minimum absolute atomic E-state index is 0.331. The van der Waals surface area contributed by atoms with Crippen LogP contribution < -0.4 is 0 Å². The van der Waals surface area contributed by atoms with E-state index in [1.807, 2.05) is 6.07 Å². The molecule has 4 heteroatoms. The van der Waals surface area contributed by atoms with E-state index in [1.54, 1.807) is 25.3 Å². The molecule has 0 spiro atoms. The Morgan fingerprint density at radius 2 is 2.24 bits per heavy atom. The maximum atomic E-state index is 13.8. The molecule has 0 amide bonds. The first-order valence-electron chi connectivity index (χ1n) is 5.25. The van der Waals surface area contributed by atoms with E-state index in [-0.39, 0.29) is 0 Å². The van der Waals surface area contributed by atoms with Gasteiger partial charge in [-0.05, 0) is 19.1 Å². The van der Waals surface area contributed by atoms with Crippen LogP contribution in [0.15, 0.2) is 30.5 Å². The highest BCUT2D eigenvalue weighted by atomic mass is 19.1. The first-order valence-corrected chi connectivity index (χ1v) is 5.25. The fraction of sp³-hybridized carbons (Fsp3) is 0.231. The van der Waals surface area contributed by atoms with E-state index in [2.05, 4.69) is 9.72 Å². The number of rotatable bonds is 2. The third kappa shape index (κ3) is 2.11. The van der Waals surface area contributed by atoms with Crippen LogP contribution in [0.1, 0.15) is 18.4 Å². The van der Waals surface area contributed by atoms with Gasteiger partial charge in [0.2, 0.25) is 0 Å². The van der Waals surface area contributed by atoms with E-state index in [0.29, 0.717) is 11.1 Å². The molecule has 0 fully saturated rings. The number of nitrogens with zero attached hydrogens (tertiary/aromatic N) is 1. The van der Waals surface area contributed by atoms with Gasteiger partial charge in [0.1, 0.15) is 5.82 Å². The van der Waals surface area contributed by atoms with Crippen LogP contribution >= 0.6 is 0 Å². The van der Waals surface area contributed by atoms with Gasteiger partial charge in [0, 0.05) is 23.2 Å². The van der Waals surface area contributed by atoms with Gasteiger partial charge in [-0.2, -0.15) is 0 Å². The summed E-state index contributed by atoms with van der Waals surface area (Å²) in [6.45, 7) is 1.62. The zero-order valence-electron chi connectivity index (χ0n) is 9.61. The van der Waals surface area contributed by atoms with Gasteiger partial charge in [-0.1, -0.05) is 6.07 Å². The van der Waals surface area contributed by atoms with E-state index in [1.165, 1.54) is 13.2 Å². The number of esters is 1. The Balaban J connectivity index is 2.54. The van der Waals surface area contributed by atoms with Crippen molar-refractivity contribution in [1.29, 1.82) is 0 Å². The van der Waals surface area contributed by atoms with Crippen molar-refractivity contribution in [3.63, 3.8) is 0 Å². The molecule has 2 rings (SSSR count). The van der Waals surface area contributed by atoms with Crippen LogP contribution in [0.4, 0.5) is 4.39 Å². The Morgan fingerprint density at radius 3 is 2.94 bits per heavy atom. The van der Waals surface area contributed by atoms with Crippen LogP contribution in [-0.2, 0) is 9.53 Å². The second-order valence-corrected chi connectivity index (χ2v) is 3.81. The molecule has 0 aliphatic heterocycles. The molecule has 0 aliphatic carbocycles. The molecule has 3 nitrogen and oxygen atoms in total. The lowest BCUT2D eigenvalue weighted by Crippen LogP contribution is -2.12. The Labute approximate surface area is 98.2 Å². The topological polar surface area (TPSA) is 39.2 Å². The molecule has 2 aromatic rings. The highest BCUT2D eigenvalue weighted by Gasteiger charge is 2.20. The molecule has 0 N–H and O–H groups in total. The fourth-order valence-electron chi connectivity index (χ4n) is 1.75. The van der Waals surface area contributed by atoms with E-state index in [9.17, 15) is 9.18 Å². The number of fused-ring (bicyclic) bond motifs is 1. The summed E-state index contributed by atoms with van der Waals surface area (Å²) in [6.07, 6.45) is 1.60. The zero-order chi connectivity index (χ0) is 12.4. The summed E-state index contributed by atoms with van der Waals surface area (Å²) < 4.78 is 18.4. The smallest absolute Gasteiger partial charge is 0.312 e. The summed E-state index contributed by atoms with van der Waals surface area (Å²) in [5.41, 5.74) is 0.906. The monoisotopic (exact) mass is 233 g/mol. The van der Waals surface area contributed by atoms with Gasteiger partial charge >= 0.3 is 5.97 Å². The largest absolute Gasteiger partial charge is 0.469 e. The number of aromatic nitrogens is 1. The van der Waals surface area contributed by atoms with E-state index < -0.39 is 17.7 Å². The molecule has 1 aromatic heterocycles. The van der Waals surface area contributed by atoms with Crippen molar-refractivity contribution in [2.24, 2.45) is 0 Å². The second kappa shape index (κ2) is 4.49. The molecule has 88 valence electrons. The van der Waals surface area contributed by atoms with Gasteiger partial charge in [-0.15, -0.1) is 0 Å². The summed E-state index contributed by atoms with van der Waals surface area (Å²) in [4.78, 5) is 15.4. The van der Waals surface area contributed by atoms with E-state index >= 15 is 0 Å². The number of pyridine rings is 1. The van der Waals surface area contributed by atoms with Crippen LogP contribution in [-0.4, -0.2) is 18.1 Å². The van der Waals surface area contributed by atoms with Crippen molar-refractivity contribution in [1.82, 2.24) is 4.98 Å². The lowest BCUT2D eigenvalue weighted by atomic mass is 9.98. The molecule has 0 aliphatic rings. The molecule has 1 heterocycles. The minimum atomic E-state index is -0.621. The minimum Gasteiger partial charge on any atom is -0.469 e. The highest BCUT2D eigenvalue weighted by Crippen LogP contribution is 2.24. The summed E-state index contributed by atoms with van der Waals surface area (Å²) >= 11 is 0. The Hall–Kier alpha value is -1.97. The second-order valence-electron chi connectivity index (χ2n) is 3.81. The molecule has 1 unspecified atom stereocenters. The third-order valence-corrected chi connectivity index (χ3v) is 2.74. The van der Waals surface area contributed by atoms with Crippen LogP contribution in [0.25, 0.3) is 10.9 Å². The van der Waals surface area contributed by atoms with Gasteiger partial charge in [-0.25, -0.2) is 4.39 Å². The standard InChI is InChI=1S/C13H12FNO2/c1-8(13(16)17-2)10-6-9-4-3-5-15-12(9)7-11(10)14/h3-8H,1-2H3. The Bertz CT molecular complexity index is 568. The number of hydrogen-bond donors (Lipinski definition) is 0. The molecular weight excluding hydrogens is 221 g/mol. The van der Waals surface area contributed by atoms with E-state index in [0.717, 1.165) is 5.39 Å². The lowest BCUT2D eigenvalue weighted by molar-refractivity contribution is -0.142. The molecule has 0 bridgehead atoms. The molecule has 0 saturated carbocycles. The van der Waals surface area contributed by atoms with Crippen molar-refractivity contribution >= 4 is 16.9 Å². The molecule has 1 aromatic carbocycles. The number of ether oxygens (including phenoxy) is 1. The predicted octanol–water partition coefficient (Wildman–Crippen LogP) is 2.65. The molecule has 0 saturated heterocycles. The van der Waals surface area contributed by atoms with Crippen molar-refractivity contribution < 1.29 is 13.9 Å². The average molecular weight is 233 g/mol. The fourth-order valence-corrected chi connectivity index (χ4v) is 1.75. The van der Waals surface area contributed by atoms with Gasteiger partial charge in [0.15, 0.2) is 0 Å². The van der Waals surface area contributed by atoms with Gasteiger partial charge < -0.3 is 4.74 Å². The van der Waals surface area contributed by atoms with Crippen LogP contribution in [0.3, 0.4) is 0 Å². The van der Waals surface area contributed by atoms with Gasteiger partial charge in [0.25, 0.3) is 0 Å². The quantitative estimate of drug-likeness (QED) is 0.748. The number of carbonyl (C=O) groups is 1. The number of benzene rings is 1. The Kier molecular flexibility index (Phi) is 3.04. The summed E-state index contributed by atoms with van der Waals surface area (Å²) in [6, 6.07) is 6.57. The lowest BCUT2D eigenvalue weighted by Gasteiger charge is -2.11. The average Bonchev–Trinajstić information content (AvgIpc) is 2.36. The van der Waals surface area contributed by atoms with Gasteiger partial charge in [0.05, 0.1) is 18.5 Å². The molecular formula is C13H12FNO2. The normalized spacial score (nSPS) is 12.4. The zero-order valence-corrected chi connectivity index (χ0v) is 9.61. The third-order valence-electron chi connectivity index (χ3n) is 2.74. The molecule has 17 heavy (non-hydrogen) atoms. The number of hydrogen-bond acceptors (Lipinski definition) is 3. The number of halogens is 1. The van der Waals surface area contributed by atoms with E-state index in [4.69, 9.17) is 0 Å². The molecule has 0 radical (unpaired) electrons. The van der Waals surface area contributed by atoms with Crippen molar-refractivity contribution in [2.75, 3.05) is 7.11 Å². The highest BCUT2D eigenvalue weighted by molar-refractivity contribution is 5.83. The summed E-state index contributed by atoms with van der Waals surface area (Å²) in [5, 5.41) is 0.805. The van der Waals surface area contributed by atoms with Crippen LogP contribution in [0, 0.1) is 5.82 Å². The predicted molar refractivity (Wildman–Crippen MR) is 62.1 cm³/mol. The van der Waals surface area contributed by atoms with Crippen molar-refractivity contribution in [2.45, 2.75) is 12.8 Å². The maximum absolute atomic E-state index is 13.8. The number of carbonyl (C=O) groups excluding carboxylic acids is 1. The van der Waals surface area contributed by atoms with Crippen LogP contribution in [0.2, 0.25) is 0 Å². The maximum Gasteiger partial charge on any atom is 0.312 e. The molecule has 1 atom stereocenters. The summed E-state index contributed by atoms with van der Waals surface area (Å²) in [7, 11) is 1.29. The SMILES string of the molecule is COC(=O)C(C)c1cc2cccnc2cc1F. The van der Waals surface area contributed by atoms with Crippen LogP contribution in [0.5, 0.6) is 0 Å². The first kappa shape index (κ1) is 11.5.